The van der Waals surface area contributed by atoms with Gasteiger partial charge in [0.05, 0.1) is 15.9 Å². The molecule has 0 heterocycles. The smallest absolute Gasteiger partial charge is 1.00 e. The Morgan fingerprint density at radius 1 is 0.909 bits per heavy atom. The first-order valence-electron chi connectivity index (χ1n) is 4.80. The summed E-state index contributed by atoms with van der Waals surface area (Å²) in [6.45, 7) is 4.84. The minimum absolute atomic E-state index is 0. The van der Waals surface area contributed by atoms with Gasteiger partial charge < -0.3 is 4.55 Å². The molecule has 5 nitrogen and oxygen atoms in total. The predicted molar refractivity (Wildman–Crippen MR) is 101 cm³/mol. The van der Waals surface area contributed by atoms with Crippen molar-refractivity contribution in [2.75, 3.05) is 16.8 Å². The Kier molecular flexibility index (Phi) is 27.6. The maximum atomic E-state index is 9.77. The van der Waals surface area contributed by atoms with Crippen LogP contribution in [0.3, 0.4) is 0 Å². The van der Waals surface area contributed by atoms with Gasteiger partial charge in [-0.05, 0) is 0 Å². The van der Waals surface area contributed by atoms with E-state index in [1.165, 1.54) is 13.8 Å². The molecule has 0 rings (SSSR count). The first kappa shape index (κ1) is 36.4. The standard InChI is InChI=1S/C2H5Br.C2H5ClO2S.C2H6O3S.Cl5P.Na/c1-2-3;2*1-2-6(3,4)5;1-6(2,3,4)5;/h2H2,1H3;2H2,1H3;2H2,1H3,(H,3,4,5);;/q;;;;+1/p-1. The summed E-state index contributed by atoms with van der Waals surface area (Å²) in [7, 11) is -2.41. The average molecular weight is 578 g/mol. The molecule has 136 valence electrons. The summed E-state index contributed by atoms with van der Waals surface area (Å²) in [4.78, 5) is 0. The van der Waals surface area contributed by atoms with Crippen LogP contribution in [0.15, 0.2) is 0 Å². The fourth-order valence-corrected chi connectivity index (χ4v) is 0. The molecule has 0 unspecified atom stereocenters. The van der Waals surface area contributed by atoms with Crippen LogP contribution < -0.4 is 29.6 Å². The SMILES string of the molecule is CCBr.CCS(=O)(=O)Cl.CCS(=O)(=O)[O-].ClP(Cl)(Cl)(Cl)Cl.[Na+]. The van der Waals surface area contributed by atoms with Gasteiger partial charge in [-0.15, -0.1) is 0 Å². The molecule has 16 heteroatoms. The van der Waals surface area contributed by atoms with Gasteiger partial charge in [0.25, 0.3) is 0 Å². The Bertz CT molecular complexity index is 403. The molecular formula is C6H15BrCl6NaO5PS2. The van der Waals surface area contributed by atoms with Crippen LogP contribution in [0.25, 0.3) is 0 Å². The summed E-state index contributed by atoms with van der Waals surface area (Å²) in [5.74, 6) is -0.304. The van der Waals surface area contributed by atoms with Gasteiger partial charge >= 0.3 is 89.1 Å². The zero-order valence-electron chi connectivity index (χ0n) is 12.1. The molecule has 0 spiro atoms. The van der Waals surface area contributed by atoms with Crippen molar-refractivity contribution in [1.29, 1.82) is 0 Å². The molecule has 0 aliphatic heterocycles. The van der Waals surface area contributed by atoms with Gasteiger partial charge in [0, 0.05) is 21.8 Å². The Labute approximate surface area is 191 Å². The zero-order chi connectivity index (χ0) is 18.6. The molecule has 0 fully saturated rings. The second kappa shape index (κ2) is 16.7. The molecule has 0 amide bonds. The molecule has 0 saturated heterocycles. The number of alkyl halides is 1. The van der Waals surface area contributed by atoms with Crippen molar-refractivity contribution in [1.82, 2.24) is 0 Å². The maximum absolute atomic E-state index is 9.77. The summed E-state index contributed by atoms with van der Waals surface area (Å²) in [5.41, 5.74) is 0. The van der Waals surface area contributed by atoms with Gasteiger partial charge in [-0.1, -0.05) is 36.7 Å². The number of halogens is 7. The molecule has 0 radical (unpaired) electrons. The van der Waals surface area contributed by atoms with Crippen LogP contribution in [0.4, 0.5) is 0 Å². The van der Waals surface area contributed by atoms with E-state index in [4.69, 9.17) is 56.2 Å². The topological polar surface area (TPSA) is 91.3 Å². The van der Waals surface area contributed by atoms with Gasteiger partial charge in [0.2, 0.25) is 9.05 Å². The largest absolute Gasteiger partial charge is 1.00 e. The van der Waals surface area contributed by atoms with E-state index in [-0.39, 0.29) is 41.1 Å². The Morgan fingerprint density at radius 3 is 1.00 bits per heavy atom. The minimum atomic E-state index is -3.91. The van der Waals surface area contributed by atoms with Gasteiger partial charge in [0.15, 0.2) is 0 Å². The molecule has 0 aromatic carbocycles. The van der Waals surface area contributed by atoms with E-state index in [1.807, 2.05) is 6.92 Å². The van der Waals surface area contributed by atoms with E-state index in [0.717, 1.165) is 5.33 Å². The van der Waals surface area contributed by atoms with Crippen LogP contribution in [0.1, 0.15) is 20.8 Å². The van der Waals surface area contributed by atoms with Crippen LogP contribution >= 0.6 is 86.2 Å². The zero-order valence-corrected chi connectivity index (χ0v) is 22.7. The maximum Gasteiger partial charge on any atom is 1.00 e. The fraction of sp³-hybridized carbons (Fsp3) is 1.00. The number of hydrogen-bond acceptors (Lipinski definition) is 5. The molecule has 0 aliphatic rings. The van der Waals surface area contributed by atoms with Gasteiger partial charge in [0.1, 0.15) is 0 Å². The van der Waals surface area contributed by atoms with E-state index in [0.29, 0.717) is 0 Å². The first-order valence-corrected chi connectivity index (χ1v) is 16.7. The Morgan fingerprint density at radius 2 is 1.00 bits per heavy atom. The van der Waals surface area contributed by atoms with Gasteiger partial charge in [-0.25, -0.2) is 16.8 Å². The summed E-state index contributed by atoms with van der Waals surface area (Å²) in [6.07, 6.45) is 0. The normalized spacial score (nSPS) is 12.4. The summed E-state index contributed by atoms with van der Waals surface area (Å²) < 4.78 is 44.2. The third kappa shape index (κ3) is 132. The average Bonchev–Trinajstić information content (AvgIpc) is 2.14. The Hall–Kier alpha value is 3.51. The van der Waals surface area contributed by atoms with Crippen LogP contribution in [-0.2, 0) is 19.2 Å². The molecule has 0 aliphatic carbocycles. The van der Waals surface area contributed by atoms with Crippen LogP contribution in [0, 0.1) is 0 Å². The summed E-state index contributed by atoms with van der Waals surface area (Å²) in [5, 5.41) is 1.06. The second-order valence-corrected chi connectivity index (χ2v) is 25.1. The summed E-state index contributed by atoms with van der Waals surface area (Å²) >= 11 is 28.0. The quantitative estimate of drug-likeness (QED) is 0.166. The molecule has 0 aromatic heterocycles. The van der Waals surface area contributed by atoms with E-state index < -0.39 is 22.5 Å². The van der Waals surface area contributed by atoms with Crippen LogP contribution in [-0.4, -0.2) is 38.2 Å². The first-order chi connectivity index (χ1) is 8.77. The van der Waals surface area contributed by atoms with Crippen molar-refractivity contribution < 1.29 is 50.9 Å². The van der Waals surface area contributed by atoms with Crippen molar-refractivity contribution in [3.63, 3.8) is 0 Å². The monoisotopic (exact) mass is 574 g/mol. The minimum Gasteiger partial charge on any atom is 1.00 e. The molecule has 22 heavy (non-hydrogen) atoms. The third-order valence-electron chi connectivity index (χ3n) is 0.698. The number of hydrogen-bond donors (Lipinski definition) is 0. The molecular weight excluding hydrogens is 563 g/mol. The van der Waals surface area contributed by atoms with Gasteiger partial charge in [-0.3, -0.25) is 0 Å². The number of rotatable bonds is 2. The van der Waals surface area contributed by atoms with Crippen molar-refractivity contribution in [3.05, 3.63) is 0 Å². The third-order valence-corrected chi connectivity index (χ3v) is 2.75. The molecule has 0 aromatic rings. The molecule has 0 saturated carbocycles. The van der Waals surface area contributed by atoms with Crippen LogP contribution in [0.5, 0.6) is 0 Å². The van der Waals surface area contributed by atoms with Crippen molar-refractivity contribution >= 4 is 105 Å². The van der Waals surface area contributed by atoms with E-state index >= 15 is 0 Å². The van der Waals surface area contributed by atoms with Crippen LogP contribution in [0.2, 0.25) is 0 Å². The van der Waals surface area contributed by atoms with Crippen molar-refractivity contribution in [2.24, 2.45) is 0 Å². The molecule has 0 N–H and O–H groups in total. The molecule has 0 bridgehead atoms. The van der Waals surface area contributed by atoms with E-state index in [2.05, 4.69) is 26.6 Å². The Balaban J connectivity index is -0.0000000591. The molecule has 0 atom stereocenters. The predicted octanol–water partition coefficient (Wildman–Crippen LogP) is 2.84. The fourth-order valence-electron chi connectivity index (χ4n) is 0. The van der Waals surface area contributed by atoms with E-state index in [1.54, 1.807) is 0 Å². The second-order valence-electron chi connectivity index (χ2n) is 2.58. The van der Waals surface area contributed by atoms with Crippen molar-refractivity contribution in [3.8, 4) is 0 Å². The van der Waals surface area contributed by atoms with E-state index in [9.17, 15) is 21.4 Å². The van der Waals surface area contributed by atoms with Gasteiger partial charge in [-0.2, -0.15) is 0 Å². The summed E-state index contributed by atoms with van der Waals surface area (Å²) in [6, 6.07) is 0. The van der Waals surface area contributed by atoms with Crippen molar-refractivity contribution in [2.45, 2.75) is 20.8 Å².